The summed E-state index contributed by atoms with van der Waals surface area (Å²) in [6, 6.07) is 8.25. The van der Waals surface area contributed by atoms with Gasteiger partial charge in [0, 0.05) is 12.2 Å². The normalized spacial score (nSPS) is 10.2. The van der Waals surface area contributed by atoms with E-state index in [4.69, 9.17) is 12.2 Å². The Morgan fingerprint density at radius 2 is 1.84 bits per heavy atom. The molecule has 19 heavy (non-hydrogen) atoms. The van der Waals surface area contributed by atoms with Crippen LogP contribution < -0.4 is 10.6 Å². The van der Waals surface area contributed by atoms with E-state index in [0.717, 1.165) is 17.3 Å². The fraction of sp³-hybridized carbons (Fsp3) is 0.562. The quantitative estimate of drug-likeness (QED) is 0.535. The first kappa shape index (κ1) is 16.0. The molecule has 1 rings (SSSR count). The second-order valence-corrected chi connectivity index (χ2v) is 5.43. The molecular weight excluding hydrogens is 252 g/mol. The Balaban J connectivity index is 2.08. The lowest BCUT2D eigenvalue weighted by Crippen LogP contribution is -2.29. The number of nitrogens with one attached hydrogen (secondary N) is 2. The standard InChI is InChI=1S/C16H26N2S/c1-3-4-5-6-7-8-12-17-16(19)18-15-11-9-10-14(2)13-15/h9-11,13H,3-8,12H2,1-2H3,(H2,17,18,19). The number of benzene rings is 1. The molecule has 0 heterocycles. The molecule has 0 spiro atoms. The van der Waals surface area contributed by atoms with E-state index < -0.39 is 0 Å². The number of unbranched alkanes of at least 4 members (excludes halogenated alkanes) is 5. The molecule has 2 N–H and O–H groups in total. The Hall–Kier alpha value is -1.09. The lowest BCUT2D eigenvalue weighted by molar-refractivity contribution is 0.603. The predicted molar refractivity (Wildman–Crippen MR) is 88.8 cm³/mol. The zero-order valence-corrected chi connectivity index (χ0v) is 13.0. The summed E-state index contributed by atoms with van der Waals surface area (Å²) in [6.45, 7) is 5.29. The highest BCUT2D eigenvalue weighted by atomic mass is 32.1. The number of thiocarbonyl (C=S) groups is 1. The molecule has 0 radical (unpaired) electrons. The van der Waals surface area contributed by atoms with Gasteiger partial charge in [0.1, 0.15) is 0 Å². The number of anilines is 1. The highest BCUT2D eigenvalue weighted by Crippen LogP contribution is 2.09. The summed E-state index contributed by atoms with van der Waals surface area (Å²) in [5.74, 6) is 0. The van der Waals surface area contributed by atoms with Gasteiger partial charge in [-0.2, -0.15) is 0 Å². The van der Waals surface area contributed by atoms with Gasteiger partial charge in [0.15, 0.2) is 5.11 Å². The molecule has 0 saturated carbocycles. The topological polar surface area (TPSA) is 24.1 Å². The largest absolute Gasteiger partial charge is 0.362 e. The van der Waals surface area contributed by atoms with Crippen molar-refractivity contribution >= 4 is 23.0 Å². The lowest BCUT2D eigenvalue weighted by atomic mass is 10.1. The first-order valence-electron chi connectivity index (χ1n) is 7.34. The molecule has 0 aliphatic rings. The van der Waals surface area contributed by atoms with Crippen molar-refractivity contribution in [2.75, 3.05) is 11.9 Å². The van der Waals surface area contributed by atoms with Gasteiger partial charge in [0.25, 0.3) is 0 Å². The third kappa shape index (κ3) is 7.83. The summed E-state index contributed by atoms with van der Waals surface area (Å²) in [6.07, 6.45) is 7.86. The highest BCUT2D eigenvalue weighted by molar-refractivity contribution is 7.80. The van der Waals surface area contributed by atoms with Crippen LogP contribution in [0.5, 0.6) is 0 Å². The van der Waals surface area contributed by atoms with Gasteiger partial charge in [0.2, 0.25) is 0 Å². The molecule has 3 heteroatoms. The number of aryl methyl sites for hydroxylation is 1. The molecule has 0 saturated heterocycles. The molecule has 0 fully saturated rings. The van der Waals surface area contributed by atoms with Crippen LogP contribution in [0.15, 0.2) is 24.3 Å². The van der Waals surface area contributed by atoms with Crippen molar-refractivity contribution in [1.29, 1.82) is 0 Å². The lowest BCUT2D eigenvalue weighted by Gasteiger charge is -2.10. The minimum absolute atomic E-state index is 0.721. The Morgan fingerprint density at radius 1 is 1.11 bits per heavy atom. The summed E-state index contributed by atoms with van der Waals surface area (Å²) in [5.41, 5.74) is 2.30. The van der Waals surface area contributed by atoms with Crippen LogP contribution in [-0.4, -0.2) is 11.7 Å². The fourth-order valence-corrected chi connectivity index (χ4v) is 2.23. The Morgan fingerprint density at radius 3 is 2.58 bits per heavy atom. The van der Waals surface area contributed by atoms with E-state index in [9.17, 15) is 0 Å². The zero-order chi connectivity index (χ0) is 13.9. The third-order valence-electron chi connectivity index (χ3n) is 3.09. The molecule has 0 aromatic heterocycles. The maximum absolute atomic E-state index is 5.28. The molecule has 0 aliphatic carbocycles. The Kier molecular flexibility index (Phi) is 8.23. The van der Waals surface area contributed by atoms with Crippen LogP contribution in [-0.2, 0) is 0 Å². The van der Waals surface area contributed by atoms with Gasteiger partial charge in [-0.05, 0) is 43.3 Å². The number of hydrogen-bond acceptors (Lipinski definition) is 1. The molecule has 0 atom stereocenters. The van der Waals surface area contributed by atoms with E-state index in [-0.39, 0.29) is 0 Å². The molecular formula is C16H26N2S. The average Bonchev–Trinajstić information content (AvgIpc) is 2.37. The molecule has 0 unspecified atom stereocenters. The number of rotatable bonds is 8. The van der Waals surface area contributed by atoms with Gasteiger partial charge >= 0.3 is 0 Å². The van der Waals surface area contributed by atoms with E-state index in [0.29, 0.717) is 0 Å². The van der Waals surface area contributed by atoms with E-state index in [1.807, 2.05) is 12.1 Å². The van der Waals surface area contributed by atoms with E-state index in [1.54, 1.807) is 0 Å². The van der Waals surface area contributed by atoms with Crippen molar-refractivity contribution in [3.63, 3.8) is 0 Å². The number of hydrogen-bond donors (Lipinski definition) is 2. The third-order valence-corrected chi connectivity index (χ3v) is 3.34. The zero-order valence-electron chi connectivity index (χ0n) is 12.2. The monoisotopic (exact) mass is 278 g/mol. The molecule has 2 nitrogen and oxygen atoms in total. The van der Waals surface area contributed by atoms with Crippen LogP contribution in [0.25, 0.3) is 0 Å². The van der Waals surface area contributed by atoms with Gasteiger partial charge < -0.3 is 10.6 Å². The molecule has 0 bridgehead atoms. The molecule has 1 aromatic carbocycles. The maximum Gasteiger partial charge on any atom is 0.170 e. The van der Waals surface area contributed by atoms with Crippen molar-refractivity contribution in [1.82, 2.24) is 5.32 Å². The van der Waals surface area contributed by atoms with Gasteiger partial charge in [-0.25, -0.2) is 0 Å². The minimum Gasteiger partial charge on any atom is -0.362 e. The van der Waals surface area contributed by atoms with E-state index in [2.05, 4.69) is 36.6 Å². The summed E-state index contributed by atoms with van der Waals surface area (Å²) in [4.78, 5) is 0. The van der Waals surface area contributed by atoms with E-state index in [1.165, 1.54) is 44.1 Å². The average molecular weight is 278 g/mol. The van der Waals surface area contributed by atoms with Gasteiger partial charge in [-0.1, -0.05) is 51.2 Å². The van der Waals surface area contributed by atoms with Crippen LogP contribution in [0.2, 0.25) is 0 Å². The summed E-state index contributed by atoms with van der Waals surface area (Å²) in [5, 5.41) is 7.20. The minimum atomic E-state index is 0.721. The van der Waals surface area contributed by atoms with Gasteiger partial charge in [-0.15, -0.1) is 0 Å². The summed E-state index contributed by atoms with van der Waals surface area (Å²) < 4.78 is 0. The second-order valence-electron chi connectivity index (χ2n) is 5.02. The van der Waals surface area contributed by atoms with E-state index >= 15 is 0 Å². The Labute approximate surface area is 123 Å². The van der Waals surface area contributed by atoms with Crippen molar-refractivity contribution in [3.05, 3.63) is 29.8 Å². The van der Waals surface area contributed by atoms with Crippen molar-refractivity contribution in [3.8, 4) is 0 Å². The SMILES string of the molecule is CCCCCCCCNC(=S)Nc1cccc(C)c1. The molecule has 1 aromatic rings. The van der Waals surface area contributed by atoms with Crippen LogP contribution in [0, 0.1) is 6.92 Å². The fourth-order valence-electron chi connectivity index (χ4n) is 2.01. The van der Waals surface area contributed by atoms with Crippen molar-refractivity contribution in [2.24, 2.45) is 0 Å². The van der Waals surface area contributed by atoms with Crippen LogP contribution >= 0.6 is 12.2 Å². The van der Waals surface area contributed by atoms with Crippen LogP contribution in [0.1, 0.15) is 51.0 Å². The molecule has 0 amide bonds. The van der Waals surface area contributed by atoms with Crippen molar-refractivity contribution in [2.45, 2.75) is 52.4 Å². The summed E-state index contributed by atoms with van der Waals surface area (Å²) in [7, 11) is 0. The highest BCUT2D eigenvalue weighted by Gasteiger charge is 1.97. The van der Waals surface area contributed by atoms with Crippen LogP contribution in [0.4, 0.5) is 5.69 Å². The predicted octanol–water partition coefficient (Wildman–Crippen LogP) is 4.64. The first-order chi connectivity index (χ1) is 9.22. The van der Waals surface area contributed by atoms with Crippen LogP contribution in [0.3, 0.4) is 0 Å². The van der Waals surface area contributed by atoms with Gasteiger partial charge in [-0.3, -0.25) is 0 Å². The molecule has 106 valence electrons. The first-order valence-corrected chi connectivity index (χ1v) is 7.74. The Bertz CT molecular complexity index is 377. The second kappa shape index (κ2) is 9.79. The van der Waals surface area contributed by atoms with Crippen molar-refractivity contribution < 1.29 is 0 Å². The smallest absolute Gasteiger partial charge is 0.170 e. The summed E-state index contributed by atoms with van der Waals surface area (Å²) >= 11 is 5.28. The maximum atomic E-state index is 5.28. The van der Waals surface area contributed by atoms with Gasteiger partial charge in [0.05, 0.1) is 0 Å². The molecule has 0 aliphatic heterocycles.